The van der Waals surface area contributed by atoms with Gasteiger partial charge >= 0.3 is 0 Å². The molecule has 2 rings (SSSR count). The predicted molar refractivity (Wildman–Crippen MR) is 107 cm³/mol. The number of ether oxygens (including phenoxy) is 1. The van der Waals surface area contributed by atoms with E-state index < -0.39 is 6.10 Å². The van der Waals surface area contributed by atoms with Crippen molar-refractivity contribution in [1.29, 1.82) is 0 Å². The van der Waals surface area contributed by atoms with E-state index in [1.54, 1.807) is 25.1 Å². The van der Waals surface area contributed by atoms with Gasteiger partial charge in [-0.05, 0) is 62.9 Å². The van der Waals surface area contributed by atoms with Crippen molar-refractivity contribution in [3.05, 3.63) is 24.3 Å². The van der Waals surface area contributed by atoms with E-state index in [1.807, 2.05) is 6.07 Å². The summed E-state index contributed by atoms with van der Waals surface area (Å²) in [5, 5.41) is 9.10. The molecule has 3 N–H and O–H groups in total. The van der Waals surface area contributed by atoms with Gasteiger partial charge in [-0.2, -0.15) is 0 Å². The Morgan fingerprint density at radius 3 is 2.58 bits per heavy atom. The molecule has 0 bridgehead atoms. The van der Waals surface area contributed by atoms with Crippen LogP contribution in [0.15, 0.2) is 24.3 Å². The van der Waals surface area contributed by atoms with Crippen LogP contribution in [0.5, 0.6) is 0 Å². The molecule has 1 aromatic carbocycles. The maximum Gasteiger partial charge on any atom is 0.253 e. The molecule has 0 saturated carbocycles. The molecule has 0 aromatic heterocycles. The van der Waals surface area contributed by atoms with Gasteiger partial charge in [-0.15, -0.1) is 12.4 Å². The minimum atomic E-state index is -0.525. The van der Waals surface area contributed by atoms with Crippen molar-refractivity contribution >= 4 is 35.6 Å². The molecule has 0 radical (unpaired) electrons. The molecule has 1 fully saturated rings. The summed E-state index contributed by atoms with van der Waals surface area (Å²) < 4.78 is 4.99. The third-order valence-electron chi connectivity index (χ3n) is 4.78. The topological polar surface area (TPSA) is 79.5 Å². The molecule has 146 valence electrons. The third-order valence-corrected chi connectivity index (χ3v) is 4.78. The van der Waals surface area contributed by atoms with Crippen LogP contribution < -0.4 is 16.0 Å². The molecule has 7 heteroatoms. The predicted octanol–water partition coefficient (Wildman–Crippen LogP) is 3.05. The number of amides is 2. The number of nitrogens with one attached hydrogen (secondary N) is 3. The monoisotopic (exact) mass is 383 g/mol. The fraction of sp³-hybridized carbons (Fsp3) is 0.579. The quantitative estimate of drug-likeness (QED) is 0.676. The molecule has 1 aromatic rings. The fourth-order valence-corrected chi connectivity index (χ4v) is 3.06. The lowest BCUT2D eigenvalue weighted by Gasteiger charge is -2.28. The summed E-state index contributed by atoms with van der Waals surface area (Å²) in [6, 6.07) is 7.16. The van der Waals surface area contributed by atoms with E-state index in [9.17, 15) is 9.59 Å². The Bertz CT molecular complexity index is 591. The number of carbonyl (C=O) groups is 2. The Morgan fingerprint density at radius 2 is 1.96 bits per heavy atom. The van der Waals surface area contributed by atoms with Crippen molar-refractivity contribution in [1.82, 2.24) is 5.32 Å². The Morgan fingerprint density at radius 1 is 1.27 bits per heavy atom. The first-order valence-electron chi connectivity index (χ1n) is 8.94. The van der Waals surface area contributed by atoms with E-state index in [-0.39, 0.29) is 24.2 Å². The molecule has 1 aliphatic heterocycles. The Kier molecular flexibility index (Phi) is 9.62. The summed E-state index contributed by atoms with van der Waals surface area (Å²) in [4.78, 5) is 24.2. The number of hydrogen-bond acceptors (Lipinski definition) is 4. The second-order valence-corrected chi connectivity index (χ2v) is 6.78. The van der Waals surface area contributed by atoms with Crippen molar-refractivity contribution in [3.8, 4) is 0 Å². The lowest BCUT2D eigenvalue weighted by molar-refractivity contribution is -0.124. The number of carbonyl (C=O) groups excluding carboxylic acids is 2. The molecule has 1 heterocycles. The van der Waals surface area contributed by atoms with Gasteiger partial charge in [0, 0.05) is 24.9 Å². The molecule has 1 saturated heterocycles. The number of hydrogen-bond donors (Lipinski definition) is 3. The average Bonchev–Trinajstić information content (AvgIpc) is 2.61. The first kappa shape index (κ1) is 22.4. The van der Waals surface area contributed by atoms with Crippen LogP contribution >= 0.6 is 12.4 Å². The number of anilines is 2. The van der Waals surface area contributed by atoms with Gasteiger partial charge in [0.1, 0.15) is 6.10 Å². The minimum absolute atomic E-state index is 0. The highest BCUT2D eigenvalue weighted by atomic mass is 35.5. The Hall–Kier alpha value is -1.63. The number of methoxy groups -OCH3 is 1. The minimum Gasteiger partial charge on any atom is -0.372 e. The van der Waals surface area contributed by atoms with E-state index in [4.69, 9.17) is 4.74 Å². The van der Waals surface area contributed by atoms with E-state index in [0.29, 0.717) is 29.6 Å². The Balaban J connectivity index is 0.00000338. The van der Waals surface area contributed by atoms with Gasteiger partial charge in [0.2, 0.25) is 5.91 Å². The highest BCUT2D eigenvalue weighted by Gasteiger charge is 2.22. The van der Waals surface area contributed by atoms with Crippen LogP contribution in [-0.2, 0) is 14.3 Å². The maximum atomic E-state index is 12.3. The number of benzene rings is 1. The standard InChI is InChI=1S/C19H29N3O3.ClH/c1-13(15-6-5-9-20-12-15)10-18(23)21-16-7-4-8-17(11-16)22-19(24)14(2)25-3;/h4,7-8,11,13-15,20H,5-6,9-10,12H2,1-3H3,(H,21,23)(H,22,24);1H. The first-order chi connectivity index (χ1) is 12.0. The van der Waals surface area contributed by atoms with Crippen LogP contribution in [-0.4, -0.2) is 38.1 Å². The molecular formula is C19H30ClN3O3. The van der Waals surface area contributed by atoms with Crippen molar-refractivity contribution in [2.24, 2.45) is 11.8 Å². The van der Waals surface area contributed by atoms with Crippen LogP contribution in [0.1, 0.15) is 33.1 Å². The fourth-order valence-electron chi connectivity index (χ4n) is 3.06. The summed E-state index contributed by atoms with van der Waals surface area (Å²) in [5.74, 6) is 0.690. The summed E-state index contributed by atoms with van der Waals surface area (Å²) in [6.07, 6.45) is 2.34. The first-order valence-corrected chi connectivity index (χ1v) is 8.94. The molecule has 1 aliphatic rings. The van der Waals surface area contributed by atoms with Gasteiger partial charge < -0.3 is 20.7 Å². The van der Waals surface area contributed by atoms with Crippen molar-refractivity contribution in [2.75, 3.05) is 30.8 Å². The number of rotatable bonds is 7. The van der Waals surface area contributed by atoms with Gasteiger partial charge in [0.05, 0.1) is 0 Å². The molecular weight excluding hydrogens is 354 g/mol. The zero-order chi connectivity index (χ0) is 18.2. The molecule has 2 amide bonds. The second-order valence-electron chi connectivity index (χ2n) is 6.78. The van der Waals surface area contributed by atoms with E-state index in [0.717, 1.165) is 13.1 Å². The maximum absolute atomic E-state index is 12.3. The molecule has 6 nitrogen and oxygen atoms in total. The molecule has 3 atom stereocenters. The highest BCUT2D eigenvalue weighted by Crippen LogP contribution is 2.23. The summed E-state index contributed by atoms with van der Waals surface area (Å²) >= 11 is 0. The van der Waals surface area contributed by atoms with E-state index in [2.05, 4.69) is 22.9 Å². The van der Waals surface area contributed by atoms with Crippen LogP contribution in [0.25, 0.3) is 0 Å². The van der Waals surface area contributed by atoms with Crippen molar-refractivity contribution in [2.45, 2.75) is 39.2 Å². The highest BCUT2D eigenvalue weighted by molar-refractivity contribution is 5.95. The van der Waals surface area contributed by atoms with E-state index >= 15 is 0 Å². The zero-order valence-corrected chi connectivity index (χ0v) is 16.5. The smallest absolute Gasteiger partial charge is 0.253 e. The van der Waals surface area contributed by atoms with Crippen LogP contribution in [0.4, 0.5) is 11.4 Å². The normalized spacial score (nSPS) is 19.0. The van der Waals surface area contributed by atoms with Crippen LogP contribution in [0, 0.1) is 11.8 Å². The molecule has 3 unspecified atom stereocenters. The molecule has 0 aliphatic carbocycles. The Labute approximate surface area is 161 Å². The molecule has 26 heavy (non-hydrogen) atoms. The summed E-state index contributed by atoms with van der Waals surface area (Å²) in [6.45, 7) is 5.89. The largest absolute Gasteiger partial charge is 0.372 e. The number of halogens is 1. The van der Waals surface area contributed by atoms with Gasteiger partial charge in [0.15, 0.2) is 0 Å². The average molecular weight is 384 g/mol. The van der Waals surface area contributed by atoms with Gasteiger partial charge in [0.25, 0.3) is 5.91 Å². The molecule has 0 spiro atoms. The summed E-state index contributed by atoms with van der Waals surface area (Å²) in [5.41, 5.74) is 1.32. The van der Waals surface area contributed by atoms with Gasteiger partial charge in [-0.3, -0.25) is 9.59 Å². The number of piperidine rings is 1. The SMILES string of the molecule is COC(C)C(=O)Nc1cccc(NC(=O)CC(C)C2CCCNC2)c1.Cl. The third kappa shape index (κ3) is 6.94. The zero-order valence-electron chi connectivity index (χ0n) is 15.7. The lowest BCUT2D eigenvalue weighted by atomic mass is 9.85. The van der Waals surface area contributed by atoms with Crippen molar-refractivity contribution < 1.29 is 14.3 Å². The second kappa shape index (κ2) is 11.2. The van der Waals surface area contributed by atoms with Gasteiger partial charge in [-0.25, -0.2) is 0 Å². The van der Waals surface area contributed by atoms with Crippen LogP contribution in [0.2, 0.25) is 0 Å². The lowest BCUT2D eigenvalue weighted by Crippen LogP contribution is -2.34. The summed E-state index contributed by atoms with van der Waals surface area (Å²) in [7, 11) is 1.49. The van der Waals surface area contributed by atoms with Gasteiger partial charge in [-0.1, -0.05) is 13.0 Å². The van der Waals surface area contributed by atoms with E-state index in [1.165, 1.54) is 20.0 Å². The van der Waals surface area contributed by atoms with Crippen LogP contribution in [0.3, 0.4) is 0 Å². The van der Waals surface area contributed by atoms with Crippen molar-refractivity contribution in [3.63, 3.8) is 0 Å².